The van der Waals surface area contributed by atoms with Crippen LogP contribution < -0.4 is 9.77 Å². The second-order valence-corrected chi connectivity index (χ2v) is 12.9. The number of fused-ring (bicyclic) bond motifs is 9. The number of H-pyrrole nitrogens is 1. The van der Waals surface area contributed by atoms with Gasteiger partial charge in [-0.1, -0.05) is 51.5 Å². The van der Waals surface area contributed by atoms with Gasteiger partial charge in [0.15, 0.2) is 0 Å². The normalized spacial score (nSPS) is 33.2. The van der Waals surface area contributed by atoms with Gasteiger partial charge in [-0.3, -0.25) is 19.3 Å². The minimum absolute atomic E-state index is 0.0304. The molecule has 2 aromatic carbocycles. The minimum Gasteiger partial charge on any atom is -0.307 e. The number of aryl methyl sites for hydroxylation is 1. The molecule has 7 rings (SSSR count). The summed E-state index contributed by atoms with van der Waals surface area (Å²) in [6.07, 6.45) is 0.908. The quantitative estimate of drug-likeness (QED) is 0.444. The number of carbonyl (C=O) groups excluding carboxylic acids is 2. The number of hydrogen-bond acceptors (Lipinski definition) is 5. The van der Waals surface area contributed by atoms with Crippen molar-refractivity contribution in [2.45, 2.75) is 29.5 Å². The first-order valence-corrected chi connectivity index (χ1v) is 14.0. The molecule has 7 atom stereocenters. The lowest BCUT2D eigenvalue weighted by atomic mass is 9.67. The van der Waals surface area contributed by atoms with Gasteiger partial charge in [-0.25, -0.2) is 0 Å². The summed E-state index contributed by atoms with van der Waals surface area (Å²) in [4.78, 5) is 45.3. The van der Waals surface area contributed by atoms with Gasteiger partial charge in [0.2, 0.25) is 11.8 Å². The van der Waals surface area contributed by atoms with Gasteiger partial charge in [0, 0.05) is 20.5 Å². The second-order valence-electron chi connectivity index (χ2n) is 9.81. The van der Waals surface area contributed by atoms with Gasteiger partial charge in [-0.15, -0.1) is 11.8 Å². The lowest BCUT2D eigenvalue weighted by Gasteiger charge is -2.43. The Morgan fingerprint density at radius 2 is 1.68 bits per heavy atom. The Kier molecular flexibility index (Phi) is 4.61. The number of nitrogens with zero attached hydrogens (tertiary/aromatic N) is 1. The Morgan fingerprint density at radius 3 is 2.41 bits per heavy atom. The summed E-state index contributed by atoms with van der Waals surface area (Å²) < 4.78 is 0.916. The molecule has 5 nitrogen and oxygen atoms in total. The number of thioether (sulfide) groups is 1. The van der Waals surface area contributed by atoms with Gasteiger partial charge in [0.05, 0.1) is 22.5 Å². The van der Waals surface area contributed by atoms with Crippen molar-refractivity contribution in [3.63, 3.8) is 0 Å². The van der Waals surface area contributed by atoms with Crippen LogP contribution in [-0.4, -0.2) is 22.0 Å². The molecule has 2 amide bonds. The van der Waals surface area contributed by atoms with Gasteiger partial charge in [-0.05, 0) is 66.5 Å². The molecule has 3 heterocycles. The first-order chi connectivity index (χ1) is 16.4. The molecular formula is C26H21BrN2O3S2. The summed E-state index contributed by atoms with van der Waals surface area (Å²) in [7, 11) is 0. The first-order valence-electron chi connectivity index (χ1n) is 11.5. The number of rotatable bonds is 2. The Morgan fingerprint density at radius 1 is 0.971 bits per heavy atom. The molecule has 1 saturated heterocycles. The fourth-order valence-electron chi connectivity index (χ4n) is 7.15. The number of carbonyl (C=O) groups is 2. The number of thiazole rings is 1. The molecule has 1 N–H and O–H groups in total. The third-order valence-corrected chi connectivity index (χ3v) is 11.4. The third kappa shape index (κ3) is 2.76. The smallest absolute Gasteiger partial charge is 0.305 e. The van der Waals surface area contributed by atoms with E-state index in [4.69, 9.17) is 0 Å². The van der Waals surface area contributed by atoms with E-state index in [9.17, 15) is 14.4 Å². The number of aromatic amines is 1. The molecule has 3 aromatic rings. The van der Waals surface area contributed by atoms with Crippen LogP contribution in [0.1, 0.15) is 28.3 Å². The SMILES string of the molecule is Cc1ccccc1[C@H]1c2sc(=O)[nH]c2SC2C3CC(C4C(=O)N(c5ccc(Br)cc5)C(=O)C34)C21. The molecule has 172 valence electrons. The van der Waals surface area contributed by atoms with E-state index in [0.717, 1.165) is 20.8 Å². The highest BCUT2D eigenvalue weighted by Gasteiger charge is 2.69. The summed E-state index contributed by atoms with van der Waals surface area (Å²) in [5, 5.41) is 1.17. The van der Waals surface area contributed by atoms with Crippen molar-refractivity contribution in [1.82, 2.24) is 4.98 Å². The number of halogens is 1. The molecule has 0 radical (unpaired) electrons. The van der Waals surface area contributed by atoms with Gasteiger partial charge < -0.3 is 4.98 Å². The van der Waals surface area contributed by atoms with Crippen LogP contribution in [0.5, 0.6) is 0 Å². The number of imide groups is 1. The van der Waals surface area contributed by atoms with Crippen LogP contribution in [-0.2, 0) is 9.59 Å². The molecule has 3 fully saturated rings. The van der Waals surface area contributed by atoms with Crippen LogP contribution in [0, 0.1) is 36.5 Å². The molecule has 8 heteroatoms. The van der Waals surface area contributed by atoms with Crippen molar-refractivity contribution in [2.75, 3.05) is 4.90 Å². The maximum atomic E-state index is 13.7. The molecule has 2 aliphatic heterocycles. The monoisotopic (exact) mass is 552 g/mol. The molecular weight excluding hydrogens is 532 g/mol. The van der Waals surface area contributed by atoms with Crippen LogP contribution in [0.25, 0.3) is 0 Å². The zero-order chi connectivity index (χ0) is 23.3. The average molecular weight is 554 g/mol. The van der Waals surface area contributed by atoms with E-state index >= 15 is 0 Å². The van der Waals surface area contributed by atoms with Crippen LogP contribution in [0.3, 0.4) is 0 Å². The van der Waals surface area contributed by atoms with Crippen LogP contribution >= 0.6 is 39.0 Å². The van der Waals surface area contributed by atoms with E-state index in [-0.39, 0.29) is 57.4 Å². The van der Waals surface area contributed by atoms with E-state index in [0.29, 0.717) is 5.69 Å². The van der Waals surface area contributed by atoms with Gasteiger partial charge in [-0.2, -0.15) is 0 Å². The molecule has 34 heavy (non-hydrogen) atoms. The van der Waals surface area contributed by atoms with Crippen LogP contribution in [0.2, 0.25) is 0 Å². The van der Waals surface area contributed by atoms with Crippen molar-refractivity contribution >= 4 is 56.5 Å². The summed E-state index contributed by atoms with van der Waals surface area (Å²) in [5.74, 6) is -0.0499. The maximum Gasteiger partial charge on any atom is 0.305 e. The second kappa shape index (κ2) is 7.42. The number of aromatic nitrogens is 1. The lowest BCUT2D eigenvalue weighted by molar-refractivity contribution is -0.123. The predicted molar refractivity (Wildman–Crippen MR) is 136 cm³/mol. The molecule has 6 unspecified atom stereocenters. The summed E-state index contributed by atoms with van der Waals surface area (Å²) in [6, 6.07) is 15.8. The Balaban J connectivity index is 1.34. The standard InChI is InChI=1S/C26H21BrN2O3S2/c1-11-4-2-3-5-14(11)17-18-15-10-16(21(18)33-23-22(17)34-26(32)28-23)20-19(15)24(30)29(25(20)31)13-8-6-12(27)7-9-13/h2-9,15-21H,10H2,1H3,(H,28,32)/t15?,16?,17-,18?,19?,20?,21?/m1/s1. The van der Waals surface area contributed by atoms with E-state index in [1.807, 2.05) is 30.3 Å². The Bertz CT molecular complexity index is 1410. The van der Waals surface area contributed by atoms with Crippen LogP contribution in [0.15, 0.2) is 62.8 Å². The Hall–Kier alpha value is -2.16. The highest BCUT2D eigenvalue weighted by Crippen LogP contribution is 2.68. The van der Waals surface area contributed by atoms with E-state index in [1.165, 1.54) is 27.4 Å². The summed E-state index contributed by atoms with van der Waals surface area (Å²) >= 11 is 6.48. The maximum absolute atomic E-state index is 13.7. The van der Waals surface area contributed by atoms with Gasteiger partial charge in [0.25, 0.3) is 0 Å². The number of amides is 2. The van der Waals surface area contributed by atoms with Crippen molar-refractivity contribution in [2.24, 2.45) is 29.6 Å². The zero-order valence-electron chi connectivity index (χ0n) is 18.2. The summed E-state index contributed by atoms with van der Waals surface area (Å²) in [6.45, 7) is 2.12. The largest absolute Gasteiger partial charge is 0.307 e. The number of benzene rings is 2. The topological polar surface area (TPSA) is 70.2 Å². The number of hydrogen-bond donors (Lipinski definition) is 1. The third-order valence-electron chi connectivity index (χ3n) is 8.33. The average Bonchev–Trinajstić information content (AvgIpc) is 3.54. The van der Waals surface area contributed by atoms with E-state index in [1.54, 1.807) is 11.8 Å². The minimum atomic E-state index is -0.272. The van der Waals surface area contributed by atoms with Crippen LogP contribution in [0.4, 0.5) is 5.69 Å². The van der Waals surface area contributed by atoms with Crippen molar-refractivity contribution < 1.29 is 9.59 Å². The molecule has 2 bridgehead atoms. The lowest BCUT2D eigenvalue weighted by Crippen LogP contribution is -2.42. The molecule has 0 spiro atoms. The van der Waals surface area contributed by atoms with Crippen molar-refractivity contribution in [1.29, 1.82) is 0 Å². The van der Waals surface area contributed by atoms with E-state index < -0.39 is 0 Å². The zero-order valence-corrected chi connectivity index (χ0v) is 21.5. The fraction of sp³-hybridized carbons (Fsp3) is 0.346. The molecule has 1 aromatic heterocycles. The highest BCUT2D eigenvalue weighted by molar-refractivity contribution is 9.10. The summed E-state index contributed by atoms with van der Waals surface area (Å²) in [5.41, 5.74) is 3.09. The molecule has 2 saturated carbocycles. The van der Waals surface area contributed by atoms with Crippen molar-refractivity contribution in [3.05, 3.63) is 78.7 Å². The Labute approximate surface area is 213 Å². The molecule has 2 aliphatic carbocycles. The number of anilines is 1. The van der Waals surface area contributed by atoms with E-state index in [2.05, 4.69) is 46.0 Å². The van der Waals surface area contributed by atoms with Gasteiger partial charge >= 0.3 is 4.87 Å². The first kappa shape index (κ1) is 21.1. The fourth-order valence-corrected chi connectivity index (χ4v) is 10.3. The van der Waals surface area contributed by atoms with Crippen molar-refractivity contribution in [3.8, 4) is 0 Å². The van der Waals surface area contributed by atoms with Gasteiger partial charge in [0.1, 0.15) is 0 Å². The highest BCUT2D eigenvalue weighted by atomic mass is 79.9. The molecule has 4 aliphatic rings. The predicted octanol–water partition coefficient (Wildman–Crippen LogP) is 5.19. The number of nitrogens with one attached hydrogen (secondary N) is 1.